The Kier molecular flexibility index (Phi) is 4.02. The Morgan fingerprint density at radius 2 is 1.90 bits per heavy atom. The van der Waals surface area contributed by atoms with Gasteiger partial charge in [-0.2, -0.15) is 0 Å². The number of hydrogen-bond acceptors (Lipinski definition) is 3. The maximum absolute atomic E-state index is 12.2. The molecule has 0 radical (unpaired) electrons. The Morgan fingerprint density at radius 1 is 1.25 bits per heavy atom. The Bertz CT molecular complexity index is 518. The van der Waals surface area contributed by atoms with Crippen LogP contribution in [0.1, 0.15) is 43.3 Å². The van der Waals surface area contributed by atoms with Gasteiger partial charge < -0.3 is 9.64 Å². The summed E-state index contributed by atoms with van der Waals surface area (Å²) in [4.78, 5) is 18.6. The number of hydrogen-bond donors (Lipinski definition) is 0. The van der Waals surface area contributed by atoms with E-state index < -0.39 is 5.60 Å². The molecule has 4 heteroatoms. The second-order valence-corrected chi connectivity index (χ2v) is 6.47. The zero-order valence-electron chi connectivity index (χ0n) is 13.1. The van der Waals surface area contributed by atoms with E-state index in [1.54, 1.807) is 4.90 Å². The summed E-state index contributed by atoms with van der Waals surface area (Å²) in [6.45, 7) is 11.2. The molecule has 0 fully saturated rings. The SMILES string of the molecule is Cc1cc(C)c2c(n1)CCN(C(=O)OC(C)(C)C)CC2. The van der Waals surface area contributed by atoms with Crippen LogP contribution in [0.4, 0.5) is 4.79 Å². The quantitative estimate of drug-likeness (QED) is 0.731. The molecule has 0 aromatic carbocycles. The Morgan fingerprint density at radius 3 is 2.55 bits per heavy atom. The molecular formula is C16H24N2O2. The molecule has 0 bridgehead atoms. The number of nitrogens with zero attached hydrogens (tertiary/aromatic N) is 2. The fourth-order valence-corrected chi connectivity index (χ4v) is 2.60. The average molecular weight is 276 g/mol. The number of rotatable bonds is 0. The third-order valence-corrected chi connectivity index (χ3v) is 3.46. The van der Waals surface area contributed by atoms with Gasteiger partial charge in [-0.05, 0) is 58.2 Å². The van der Waals surface area contributed by atoms with Crippen molar-refractivity contribution in [2.45, 2.75) is 53.1 Å². The molecule has 4 nitrogen and oxygen atoms in total. The van der Waals surface area contributed by atoms with Crippen molar-refractivity contribution in [2.75, 3.05) is 13.1 Å². The summed E-state index contributed by atoms with van der Waals surface area (Å²) in [6, 6.07) is 2.11. The number of carbonyl (C=O) groups is 1. The molecular weight excluding hydrogens is 252 g/mol. The topological polar surface area (TPSA) is 42.4 Å². The van der Waals surface area contributed by atoms with Crippen LogP contribution in [0.15, 0.2) is 6.07 Å². The predicted molar refractivity (Wildman–Crippen MR) is 78.9 cm³/mol. The number of aryl methyl sites for hydroxylation is 2. The zero-order valence-corrected chi connectivity index (χ0v) is 13.1. The summed E-state index contributed by atoms with van der Waals surface area (Å²) in [6.07, 6.45) is 1.44. The molecule has 0 N–H and O–H groups in total. The van der Waals surface area contributed by atoms with Crippen LogP contribution in [0.3, 0.4) is 0 Å². The van der Waals surface area contributed by atoms with Crippen LogP contribution in [-0.4, -0.2) is 34.7 Å². The fraction of sp³-hybridized carbons (Fsp3) is 0.625. The smallest absolute Gasteiger partial charge is 0.410 e. The van der Waals surface area contributed by atoms with E-state index in [4.69, 9.17) is 4.74 Å². The molecule has 110 valence electrons. The molecule has 20 heavy (non-hydrogen) atoms. The van der Waals surface area contributed by atoms with E-state index in [0.717, 1.165) is 24.2 Å². The van der Waals surface area contributed by atoms with Crippen molar-refractivity contribution in [3.63, 3.8) is 0 Å². The van der Waals surface area contributed by atoms with Gasteiger partial charge in [-0.1, -0.05) is 0 Å². The first-order chi connectivity index (χ1) is 9.26. The summed E-state index contributed by atoms with van der Waals surface area (Å²) in [5, 5.41) is 0. The van der Waals surface area contributed by atoms with Crippen LogP contribution in [0.2, 0.25) is 0 Å². The van der Waals surface area contributed by atoms with E-state index in [2.05, 4.69) is 18.0 Å². The van der Waals surface area contributed by atoms with Gasteiger partial charge in [-0.3, -0.25) is 4.98 Å². The summed E-state index contributed by atoms with van der Waals surface area (Å²) >= 11 is 0. The van der Waals surface area contributed by atoms with Gasteiger partial charge in [0.25, 0.3) is 0 Å². The second-order valence-electron chi connectivity index (χ2n) is 6.47. The molecule has 1 amide bonds. The first-order valence-corrected chi connectivity index (χ1v) is 7.20. The largest absolute Gasteiger partial charge is 0.444 e. The van der Waals surface area contributed by atoms with Gasteiger partial charge in [0, 0.05) is 30.9 Å². The van der Waals surface area contributed by atoms with E-state index in [1.807, 2.05) is 27.7 Å². The predicted octanol–water partition coefficient (Wildman–Crippen LogP) is 3.03. The number of pyridine rings is 1. The van der Waals surface area contributed by atoms with Gasteiger partial charge >= 0.3 is 6.09 Å². The lowest BCUT2D eigenvalue weighted by Crippen LogP contribution is -2.38. The van der Waals surface area contributed by atoms with Gasteiger partial charge in [-0.15, -0.1) is 0 Å². The van der Waals surface area contributed by atoms with E-state index in [0.29, 0.717) is 13.1 Å². The normalized spacial score (nSPS) is 15.6. The lowest BCUT2D eigenvalue weighted by Gasteiger charge is -2.26. The van der Waals surface area contributed by atoms with Crippen LogP contribution in [0, 0.1) is 13.8 Å². The summed E-state index contributed by atoms with van der Waals surface area (Å²) < 4.78 is 5.45. The second kappa shape index (κ2) is 5.43. The fourth-order valence-electron chi connectivity index (χ4n) is 2.60. The minimum Gasteiger partial charge on any atom is -0.444 e. The number of amides is 1. The summed E-state index contributed by atoms with van der Waals surface area (Å²) in [5.41, 5.74) is 4.31. The molecule has 0 aliphatic carbocycles. The lowest BCUT2D eigenvalue weighted by molar-refractivity contribution is 0.0258. The molecule has 1 aromatic heterocycles. The monoisotopic (exact) mass is 276 g/mol. The van der Waals surface area contributed by atoms with E-state index in [-0.39, 0.29) is 6.09 Å². The zero-order chi connectivity index (χ0) is 14.9. The molecule has 1 aliphatic heterocycles. The van der Waals surface area contributed by atoms with Crippen molar-refractivity contribution < 1.29 is 9.53 Å². The van der Waals surface area contributed by atoms with Gasteiger partial charge in [0.05, 0.1) is 0 Å². The van der Waals surface area contributed by atoms with Gasteiger partial charge in [-0.25, -0.2) is 4.79 Å². The minimum absolute atomic E-state index is 0.223. The molecule has 0 saturated carbocycles. The Hall–Kier alpha value is -1.58. The number of aromatic nitrogens is 1. The third kappa shape index (κ3) is 3.50. The van der Waals surface area contributed by atoms with Crippen molar-refractivity contribution in [1.29, 1.82) is 0 Å². The Labute approximate surface area is 121 Å². The molecule has 2 rings (SSSR count). The number of carbonyl (C=O) groups excluding carboxylic acids is 1. The highest BCUT2D eigenvalue weighted by molar-refractivity contribution is 5.68. The molecule has 1 aromatic rings. The average Bonchev–Trinajstić information content (AvgIpc) is 2.49. The van der Waals surface area contributed by atoms with E-state index in [9.17, 15) is 4.79 Å². The molecule has 0 spiro atoms. The van der Waals surface area contributed by atoms with Crippen molar-refractivity contribution in [2.24, 2.45) is 0 Å². The number of ether oxygens (including phenoxy) is 1. The van der Waals surface area contributed by atoms with Crippen LogP contribution < -0.4 is 0 Å². The summed E-state index contributed by atoms with van der Waals surface area (Å²) in [5.74, 6) is 0. The van der Waals surface area contributed by atoms with Crippen molar-refractivity contribution >= 4 is 6.09 Å². The van der Waals surface area contributed by atoms with Gasteiger partial charge in [0.1, 0.15) is 5.60 Å². The van der Waals surface area contributed by atoms with Crippen LogP contribution in [0.5, 0.6) is 0 Å². The van der Waals surface area contributed by atoms with Crippen molar-refractivity contribution in [3.8, 4) is 0 Å². The minimum atomic E-state index is -0.443. The third-order valence-electron chi connectivity index (χ3n) is 3.46. The molecule has 0 unspecified atom stereocenters. The van der Waals surface area contributed by atoms with Gasteiger partial charge in [0.15, 0.2) is 0 Å². The number of fused-ring (bicyclic) bond motifs is 1. The van der Waals surface area contributed by atoms with Crippen LogP contribution in [-0.2, 0) is 17.6 Å². The molecule has 2 heterocycles. The standard InChI is InChI=1S/C16H24N2O2/c1-11-10-12(2)17-14-7-9-18(8-6-13(11)14)15(19)20-16(3,4)5/h10H,6-9H2,1-5H3. The first kappa shape index (κ1) is 14.8. The summed E-state index contributed by atoms with van der Waals surface area (Å²) in [7, 11) is 0. The lowest BCUT2D eigenvalue weighted by atomic mass is 10.0. The van der Waals surface area contributed by atoms with Gasteiger partial charge in [0.2, 0.25) is 0 Å². The highest BCUT2D eigenvalue weighted by atomic mass is 16.6. The maximum atomic E-state index is 12.2. The molecule has 0 atom stereocenters. The Balaban J connectivity index is 2.12. The molecule has 0 saturated heterocycles. The van der Waals surface area contributed by atoms with Crippen molar-refractivity contribution in [3.05, 3.63) is 28.6 Å². The van der Waals surface area contributed by atoms with Crippen molar-refractivity contribution in [1.82, 2.24) is 9.88 Å². The maximum Gasteiger partial charge on any atom is 0.410 e. The van der Waals surface area contributed by atoms with E-state index in [1.165, 1.54) is 11.1 Å². The highest BCUT2D eigenvalue weighted by Crippen LogP contribution is 2.20. The van der Waals surface area contributed by atoms with Crippen LogP contribution in [0.25, 0.3) is 0 Å². The first-order valence-electron chi connectivity index (χ1n) is 7.20. The van der Waals surface area contributed by atoms with E-state index >= 15 is 0 Å². The highest BCUT2D eigenvalue weighted by Gasteiger charge is 2.25. The molecule has 1 aliphatic rings. The van der Waals surface area contributed by atoms with Crippen LogP contribution >= 0.6 is 0 Å².